The van der Waals surface area contributed by atoms with Crippen molar-refractivity contribution >= 4 is 0 Å². The minimum absolute atomic E-state index is 0.257. The van der Waals surface area contributed by atoms with E-state index in [0.29, 0.717) is 6.42 Å². The van der Waals surface area contributed by atoms with Crippen LogP contribution in [0.5, 0.6) is 17.2 Å². The standard InChI is InChI=1S/C19H19NO3/c1-3-13-4-6-17(21-2)16(9-13)15(11-20)8-14-5-7-18-19(10-14)23-12-22-18/h4-7,9-10,15H,3,8,12H2,1-2H3. The third-order valence-electron chi connectivity index (χ3n) is 4.11. The highest BCUT2D eigenvalue weighted by molar-refractivity contribution is 5.47. The lowest BCUT2D eigenvalue weighted by Crippen LogP contribution is -2.04. The van der Waals surface area contributed by atoms with Crippen molar-refractivity contribution in [2.45, 2.75) is 25.7 Å². The van der Waals surface area contributed by atoms with Crippen LogP contribution in [-0.4, -0.2) is 13.9 Å². The molecule has 1 unspecified atom stereocenters. The molecule has 0 fully saturated rings. The first-order valence-corrected chi connectivity index (χ1v) is 7.70. The summed E-state index contributed by atoms with van der Waals surface area (Å²) in [4.78, 5) is 0. The average molecular weight is 309 g/mol. The Hall–Kier alpha value is -2.67. The summed E-state index contributed by atoms with van der Waals surface area (Å²) in [7, 11) is 1.64. The quantitative estimate of drug-likeness (QED) is 0.842. The van der Waals surface area contributed by atoms with Gasteiger partial charge < -0.3 is 14.2 Å². The van der Waals surface area contributed by atoms with Crippen LogP contribution in [-0.2, 0) is 12.8 Å². The third-order valence-corrected chi connectivity index (χ3v) is 4.11. The molecule has 0 saturated carbocycles. The molecule has 1 aliphatic heterocycles. The van der Waals surface area contributed by atoms with Crippen LogP contribution in [0.25, 0.3) is 0 Å². The van der Waals surface area contributed by atoms with Gasteiger partial charge in [-0.15, -0.1) is 0 Å². The van der Waals surface area contributed by atoms with Gasteiger partial charge in [0.2, 0.25) is 6.79 Å². The van der Waals surface area contributed by atoms with Crippen molar-refractivity contribution in [1.82, 2.24) is 0 Å². The first-order chi connectivity index (χ1) is 11.2. The number of nitriles is 1. The zero-order chi connectivity index (χ0) is 16.2. The molecule has 0 aliphatic carbocycles. The Labute approximate surface area is 136 Å². The van der Waals surface area contributed by atoms with E-state index in [1.54, 1.807) is 7.11 Å². The number of aryl methyl sites for hydroxylation is 1. The van der Waals surface area contributed by atoms with Gasteiger partial charge in [0.1, 0.15) is 5.75 Å². The molecule has 0 spiro atoms. The van der Waals surface area contributed by atoms with Crippen LogP contribution in [0, 0.1) is 11.3 Å². The number of hydrogen-bond acceptors (Lipinski definition) is 4. The van der Waals surface area contributed by atoms with Crippen LogP contribution in [0.3, 0.4) is 0 Å². The Balaban J connectivity index is 1.90. The molecule has 118 valence electrons. The summed E-state index contributed by atoms with van der Waals surface area (Å²) in [5.41, 5.74) is 3.18. The van der Waals surface area contributed by atoms with Gasteiger partial charge in [0.05, 0.1) is 19.1 Å². The SMILES string of the molecule is CCc1ccc(OC)c(C(C#N)Cc2ccc3c(c2)OCO3)c1. The van der Waals surface area contributed by atoms with E-state index in [0.717, 1.165) is 34.8 Å². The smallest absolute Gasteiger partial charge is 0.231 e. The molecule has 0 N–H and O–H groups in total. The third kappa shape index (κ3) is 3.09. The fourth-order valence-corrected chi connectivity index (χ4v) is 2.80. The number of ether oxygens (including phenoxy) is 3. The van der Waals surface area contributed by atoms with E-state index >= 15 is 0 Å². The maximum atomic E-state index is 9.66. The van der Waals surface area contributed by atoms with Gasteiger partial charge in [-0.3, -0.25) is 0 Å². The van der Waals surface area contributed by atoms with Crippen LogP contribution >= 0.6 is 0 Å². The van der Waals surface area contributed by atoms with E-state index in [2.05, 4.69) is 19.1 Å². The molecule has 0 aromatic heterocycles. The van der Waals surface area contributed by atoms with E-state index in [-0.39, 0.29) is 12.7 Å². The average Bonchev–Trinajstić information content (AvgIpc) is 3.06. The summed E-state index contributed by atoms with van der Waals surface area (Å²) in [5.74, 6) is 1.99. The lowest BCUT2D eigenvalue weighted by atomic mass is 9.91. The maximum absolute atomic E-state index is 9.66. The van der Waals surface area contributed by atoms with E-state index in [1.165, 1.54) is 5.56 Å². The molecular weight excluding hydrogens is 290 g/mol. The second-order valence-electron chi connectivity index (χ2n) is 5.50. The van der Waals surface area contributed by atoms with Gasteiger partial charge in [-0.25, -0.2) is 0 Å². The monoisotopic (exact) mass is 309 g/mol. The van der Waals surface area contributed by atoms with Crippen molar-refractivity contribution in [3.63, 3.8) is 0 Å². The molecule has 0 bridgehead atoms. The van der Waals surface area contributed by atoms with Crippen LogP contribution in [0.2, 0.25) is 0 Å². The van der Waals surface area contributed by atoms with Crippen molar-refractivity contribution in [2.24, 2.45) is 0 Å². The van der Waals surface area contributed by atoms with Crippen molar-refractivity contribution in [3.8, 4) is 23.3 Å². The minimum atomic E-state index is -0.267. The normalized spacial score (nSPS) is 13.4. The van der Waals surface area contributed by atoms with Crippen molar-refractivity contribution < 1.29 is 14.2 Å². The molecular formula is C19H19NO3. The molecule has 3 rings (SSSR count). The first kappa shape index (κ1) is 15.2. The minimum Gasteiger partial charge on any atom is -0.496 e. The molecule has 1 aliphatic rings. The molecule has 1 atom stereocenters. The summed E-state index contributed by atoms with van der Waals surface area (Å²) in [6, 6.07) is 14.3. The number of methoxy groups -OCH3 is 1. The fraction of sp³-hybridized carbons (Fsp3) is 0.316. The Morgan fingerprint density at radius 2 is 1.91 bits per heavy atom. The predicted octanol–water partition coefficient (Wildman–Crippen LogP) is 3.84. The Morgan fingerprint density at radius 3 is 2.65 bits per heavy atom. The highest BCUT2D eigenvalue weighted by Gasteiger charge is 2.19. The van der Waals surface area contributed by atoms with Crippen LogP contribution in [0.4, 0.5) is 0 Å². The zero-order valence-corrected chi connectivity index (χ0v) is 13.3. The van der Waals surface area contributed by atoms with Gasteiger partial charge in [-0.1, -0.05) is 25.1 Å². The number of benzene rings is 2. The molecule has 4 heteroatoms. The van der Waals surface area contributed by atoms with Gasteiger partial charge in [-0.2, -0.15) is 5.26 Å². The van der Waals surface area contributed by atoms with Gasteiger partial charge in [0, 0.05) is 5.56 Å². The van der Waals surface area contributed by atoms with E-state index in [9.17, 15) is 5.26 Å². The van der Waals surface area contributed by atoms with E-state index in [1.807, 2.05) is 30.3 Å². The number of fused-ring (bicyclic) bond motifs is 1. The zero-order valence-electron chi connectivity index (χ0n) is 13.3. The van der Waals surface area contributed by atoms with Crippen LogP contribution in [0.15, 0.2) is 36.4 Å². The largest absolute Gasteiger partial charge is 0.496 e. The molecule has 2 aromatic carbocycles. The Bertz CT molecular complexity index is 749. The van der Waals surface area contributed by atoms with Gasteiger partial charge in [0.25, 0.3) is 0 Å². The molecule has 23 heavy (non-hydrogen) atoms. The number of rotatable bonds is 5. The first-order valence-electron chi connectivity index (χ1n) is 7.70. The number of hydrogen-bond donors (Lipinski definition) is 0. The van der Waals surface area contributed by atoms with Crippen molar-refractivity contribution in [1.29, 1.82) is 5.26 Å². The summed E-state index contributed by atoms with van der Waals surface area (Å²) >= 11 is 0. The highest BCUT2D eigenvalue weighted by atomic mass is 16.7. The molecule has 2 aromatic rings. The van der Waals surface area contributed by atoms with Gasteiger partial charge >= 0.3 is 0 Å². The topological polar surface area (TPSA) is 51.5 Å². The summed E-state index contributed by atoms with van der Waals surface area (Å²) in [5, 5.41) is 9.66. The molecule has 1 heterocycles. The van der Waals surface area contributed by atoms with E-state index in [4.69, 9.17) is 14.2 Å². The van der Waals surface area contributed by atoms with Gasteiger partial charge in [0.15, 0.2) is 11.5 Å². The van der Waals surface area contributed by atoms with Gasteiger partial charge in [-0.05, 0) is 42.2 Å². The van der Waals surface area contributed by atoms with Crippen molar-refractivity contribution in [3.05, 3.63) is 53.1 Å². The Kier molecular flexibility index (Phi) is 4.38. The molecule has 0 amide bonds. The molecule has 4 nitrogen and oxygen atoms in total. The summed E-state index contributed by atoms with van der Waals surface area (Å²) in [6.07, 6.45) is 1.54. The lowest BCUT2D eigenvalue weighted by molar-refractivity contribution is 0.174. The van der Waals surface area contributed by atoms with Crippen molar-refractivity contribution in [2.75, 3.05) is 13.9 Å². The Morgan fingerprint density at radius 1 is 1.13 bits per heavy atom. The maximum Gasteiger partial charge on any atom is 0.231 e. The second-order valence-corrected chi connectivity index (χ2v) is 5.50. The fourth-order valence-electron chi connectivity index (χ4n) is 2.80. The van der Waals surface area contributed by atoms with Crippen LogP contribution in [0.1, 0.15) is 29.5 Å². The molecule has 0 saturated heterocycles. The summed E-state index contributed by atoms with van der Waals surface area (Å²) < 4.78 is 16.2. The molecule has 0 radical (unpaired) electrons. The number of nitrogens with zero attached hydrogens (tertiary/aromatic N) is 1. The van der Waals surface area contributed by atoms with E-state index < -0.39 is 0 Å². The van der Waals surface area contributed by atoms with Crippen LogP contribution < -0.4 is 14.2 Å². The predicted molar refractivity (Wildman–Crippen MR) is 87.0 cm³/mol. The highest BCUT2D eigenvalue weighted by Crippen LogP contribution is 2.35. The lowest BCUT2D eigenvalue weighted by Gasteiger charge is -2.15. The second kappa shape index (κ2) is 6.62. The summed E-state index contributed by atoms with van der Waals surface area (Å²) in [6.45, 7) is 2.36.